The fourth-order valence-corrected chi connectivity index (χ4v) is 2.80. The maximum absolute atomic E-state index is 12.9. The van der Waals surface area contributed by atoms with Crippen molar-refractivity contribution >= 4 is 22.1 Å². The number of fused-ring (bicyclic) bond motifs is 2. The molecule has 7 nitrogen and oxygen atoms in total. The molecule has 0 aliphatic rings. The molecular weight excluding hydrogens is 324 g/mol. The van der Waals surface area contributed by atoms with Gasteiger partial charge in [0.25, 0.3) is 5.56 Å². The summed E-state index contributed by atoms with van der Waals surface area (Å²) in [5.41, 5.74) is -0.406. The van der Waals surface area contributed by atoms with E-state index in [1.807, 2.05) is 13.8 Å². The van der Waals surface area contributed by atoms with Gasteiger partial charge in [-0.15, -0.1) is 0 Å². The van der Waals surface area contributed by atoms with Gasteiger partial charge < -0.3 is 13.9 Å². The summed E-state index contributed by atoms with van der Waals surface area (Å²) in [4.78, 5) is 30.2. The second-order valence-electron chi connectivity index (χ2n) is 6.05. The summed E-state index contributed by atoms with van der Waals surface area (Å²) in [6, 6.07) is 4.86. The molecule has 3 aromatic rings. The number of ether oxygens (including phenoxy) is 2. The van der Waals surface area contributed by atoms with Crippen molar-refractivity contribution in [1.82, 2.24) is 9.55 Å². The van der Waals surface area contributed by atoms with Crippen LogP contribution in [0, 0.1) is 0 Å². The molecule has 3 rings (SSSR count). The Morgan fingerprint density at radius 2 is 2.00 bits per heavy atom. The van der Waals surface area contributed by atoms with E-state index in [-0.39, 0.29) is 17.0 Å². The van der Waals surface area contributed by atoms with Gasteiger partial charge in [0.05, 0.1) is 25.6 Å². The average Bonchev–Trinajstić information content (AvgIpc) is 2.59. The molecule has 0 bridgehead atoms. The molecule has 0 spiro atoms. The second-order valence-corrected chi connectivity index (χ2v) is 6.05. The van der Waals surface area contributed by atoms with Gasteiger partial charge in [0.15, 0.2) is 5.39 Å². The smallest absolute Gasteiger partial charge is 0.268 e. The van der Waals surface area contributed by atoms with E-state index in [0.717, 1.165) is 0 Å². The van der Waals surface area contributed by atoms with Crippen LogP contribution in [0.4, 0.5) is 0 Å². The van der Waals surface area contributed by atoms with Gasteiger partial charge in [-0.25, -0.2) is 0 Å². The van der Waals surface area contributed by atoms with Gasteiger partial charge in [-0.1, -0.05) is 13.8 Å². The molecule has 25 heavy (non-hydrogen) atoms. The molecule has 0 atom stereocenters. The number of hydrogen-bond acceptors (Lipinski definition) is 6. The zero-order chi connectivity index (χ0) is 18.1. The topological polar surface area (TPSA) is 83.6 Å². The van der Waals surface area contributed by atoms with Crippen molar-refractivity contribution < 1.29 is 13.9 Å². The molecule has 0 N–H and O–H groups in total. The Morgan fingerprint density at radius 1 is 1.24 bits per heavy atom. The van der Waals surface area contributed by atoms with Crippen LogP contribution < -0.4 is 15.7 Å². The van der Waals surface area contributed by atoms with Crippen molar-refractivity contribution in [3.8, 4) is 5.75 Å². The molecule has 2 aromatic heterocycles. The predicted molar refractivity (Wildman–Crippen MR) is 94.6 cm³/mol. The average molecular weight is 344 g/mol. The highest BCUT2D eigenvalue weighted by Crippen LogP contribution is 2.22. The first kappa shape index (κ1) is 17.2. The van der Waals surface area contributed by atoms with Crippen molar-refractivity contribution in [3.05, 3.63) is 44.6 Å². The minimum atomic E-state index is -0.405. The number of aromatic nitrogens is 2. The summed E-state index contributed by atoms with van der Waals surface area (Å²) in [6.07, 6.45) is 0. The molecular formula is C18H20N2O5. The first-order chi connectivity index (χ1) is 12.0. The number of nitrogens with zero attached hydrogens (tertiary/aromatic N) is 2. The van der Waals surface area contributed by atoms with Crippen LogP contribution in [0.2, 0.25) is 0 Å². The maximum atomic E-state index is 12.9. The Bertz CT molecular complexity index is 1050. The summed E-state index contributed by atoms with van der Waals surface area (Å²) in [6.45, 7) is 4.53. The fraction of sp³-hybridized carbons (Fsp3) is 0.389. The second kappa shape index (κ2) is 6.68. The van der Waals surface area contributed by atoms with Gasteiger partial charge in [-0.2, -0.15) is 4.98 Å². The predicted octanol–water partition coefficient (Wildman–Crippen LogP) is 2.28. The lowest BCUT2D eigenvalue weighted by Crippen LogP contribution is -2.30. The summed E-state index contributed by atoms with van der Waals surface area (Å²) in [5, 5.41) is 0.279. The summed E-state index contributed by atoms with van der Waals surface area (Å²) < 4.78 is 17.5. The lowest BCUT2D eigenvalue weighted by atomic mass is 10.1. The molecule has 7 heteroatoms. The molecule has 0 amide bonds. The van der Waals surface area contributed by atoms with E-state index in [9.17, 15) is 9.59 Å². The zero-order valence-electron chi connectivity index (χ0n) is 14.7. The van der Waals surface area contributed by atoms with Crippen LogP contribution in [-0.4, -0.2) is 30.4 Å². The highest BCUT2D eigenvalue weighted by molar-refractivity contribution is 5.88. The lowest BCUT2D eigenvalue weighted by molar-refractivity contribution is 0.184. The van der Waals surface area contributed by atoms with Crippen LogP contribution in [0.3, 0.4) is 0 Å². The van der Waals surface area contributed by atoms with Gasteiger partial charge in [-0.05, 0) is 12.1 Å². The van der Waals surface area contributed by atoms with Crippen LogP contribution in [0.15, 0.2) is 32.2 Å². The molecule has 0 saturated heterocycles. The standard InChI is InChI=1S/C18H20N2O5/c1-10(2)16-19-17-14(18(22)20(16)7-8-23-3)15(21)12-6-5-11(24-4)9-13(12)25-17/h5-6,9-10H,7-8H2,1-4H3. The highest BCUT2D eigenvalue weighted by atomic mass is 16.5. The van der Waals surface area contributed by atoms with Crippen LogP contribution in [0.25, 0.3) is 22.1 Å². The third-order valence-electron chi connectivity index (χ3n) is 4.07. The van der Waals surface area contributed by atoms with Crippen molar-refractivity contribution in [2.24, 2.45) is 0 Å². The molecule has 0 fully saturated rings. The highest BCUT2D eigenvalue weighted by Gasteiger charge is 2.19. The summed E-state index contributed by atoms with van der Waals surface area (Å²) >= 11 is 0. The fourth-order valence-electron chi connectivity index (χ4n) is 2.80. The van der Waals surface area contributed by atoms with Crippen molar-refractivity contribution in [2.45, 2.75) is 26.3 Å². The Kier molecular flexibility index (Phi) is 4.59. The minimum Gasteiger partial charge on any atom is -0.497 e. The van der Waals surface area contributed by atoms with Crippen LogP contribution >= 0.6 is 0 Å². The monoisotopic (exact) mass is 344 g/mol. The van der Waals surface area contributed by atoms with E-state index in [4.69, 9.17) is 13.9 Å². The van der Waals surface area contributed by atoms with Crippen molar-refractivity contribution in [1.29, 1.82) is 0 Å². The van der Waals surface area contributed by atoms with E-state index in [1.54, 1.807) is 25.3 Å². The van der Waals surface area contributed by atoms with Crippen LogP contribution in [0.5, 0.6) is 5.75 Å². The quantitative estimate of drug-likeness (QED) is 0.660. The van der Waals surface area contributed by atoms with E-state index in [1.165, 1.54) is 11.7 Å². The molecule has 0 saturated carbocycles. The van der Waals surface area contributed by atoms with Crippen molar-refractivity contribution in [3.63, 3.8) is 0 Å². The number of hydrogen-bond donors (Lipinski definition) is 0. The van der Waals surface area contributed by atoms with Gasteiger partial charge in [0.2, 0.25) is 11.1 Å². The summed E-state index contributed by atoms with van der Waals surface area (Å²) in [5.74, 6) is 1.10. The van der Waals surface area contributed by atoms with Gasteiger partial charge in [0, 0.05) is 19.1 Å². The third kappa shape index (κ3) is 2.91. The van der Waals surface area contributed by atoms with Crippen molar-refractivity contribution in [2.75, 3.05) is 20.8 Å². The SMILES string of the molecule is COCCn1c(C(C)C)nc2oc3cc(OC)ccc3c(=O)c2c1=O. The van der Waals surface area contributed by atoms with Gasteiger partial charge in [-0.3, -0.25) is 14.2 Å². The molecule has 132 valence electrons. The number of rotatable bonds is 5. The molecule has 0 aliphatic carbocycles. The summed E-state index contributed by atoms with van der Waals surface area (Å²) in [7, 11) is 3.09. The number of methoxy groups -OCH3 is 2. The maximum Gasteiger partial charge on any atom is 0.268 e. The van der Waals surface area contributed by atoms with Crippen LogP contribution in [0.1, 0.15) is 25.6 Å². The Hall–Kier alpha value is -2.67. The normalized spacial score (nSPS) is 11.6. The first-order valence-electron chi connectivity index (χ1n) is 8.02. The van der Waals surface area contributed by atoms with E-state index in [2.05, 4.69) is 4.98 Å². The number of benzene rings is 1. The Morgan fingerprint density at radius 3 is 2.64 bits per heavy atom. The minimum absolute atomic E-state index is 0.0136. The Balaban J connectivity index is 2.41. The first-order valence-corrected chi connectivity index (χ1v) is 8.02. The molecule has 2 heterocycles. The lowest BCUT2D eigenvalue weighted by Gasteiger charge is -2.15. The van der Waals surface area contributed by atoms with Gasteiger partial charge >= 0.3 is 0 Å². The zero-order valence-corrected chi connectivity index (χ0v) is 14.7. The molecule has 1 aromatic carbocycles. The van der Waals surface area contributed by atoms with Crippen LogP contribution in [-0.2, 0) is 11.3 Å². The van der Waals surface area contributed by atoms with E-state index >= 15 is 0 Å². The molecule has 0 aliphatic heterocycles. The third-order valence-corrected chi connectivity index (χ3v) is 4.07. The molecule has 0 unspecified atom stereocenters. The largest absolute Gasteiger partial charge is 0.497 e. The van der Waals surface area contributed by atoms with E-state index in [0.29, 0.717) is 35.7 Å². The molecule has 0 radical (unpaired) electrons. The van der Waals surface area contributed by atoms with E-state index < -0.39 is 11.0 Å². The Labute approximate surface area is 143 Å². The van der Waals surface area contributed by atoms with Gasteiger partial charge in [0.1, 0.15) is 17.2 Å².